The molecule has 19 heteroatoms. The second-order valence-electron chi connectivity index (χ2n) is 6.94. The Bertz CT molecular complexity index is 564. The third-order valence-corrected chi connectivity index (χ3v) is 10.3. The van der Waals surface area contributed by atoms with Gasteiger partial charge in [0.25, 0.3) is 0 Å². The lowest BCUT2D eigenvalue weighted by atomic mass is 10.3. The van der Waals surface area contributed by atoms with Crippen LogP contribution >= 0.6 is 0 Å². The molecule has 226 valence electrons. The molecule has 0 radical (unpaired) electrons. The van der Waals surface area contributed by atoms with Gasteiger partial charge in [-0.25, -0.2) is 0 Å². The van der Waals surface area contributed by atoms with Crippen molar-refractivity contribution in [2.24, 2.45) is 0 Å². The minimum Gasteiger partial charge on any atom is -0.377 e. The molecule has 0 atom stereocenters. The Kier molecular flexibility index (Phi) is 17.2. The van der Waals surface area contributed by atoms with Gasteiger partial charge in [-0.05, 0) is 27.2 Å². The SMILES string of the molecule is CCO[Si](CCCOC(F)(C(F)(F)F)C(F)(F)F)(OCC)OCC.CO[Si](CCC(F)(F)F)(OC)OC. The van der Waals surface area contributed by atoms with Gasteiger partial charge in [-0.15, -0.1) is 0 Å². The number of hydrogen-bond acceptors (Lipinski definition) is 7. The minimum atomic E-state index is -6.24. The van der Waals surface area contributed by atoms with Gasteiger partial charge in [0.15, 0.2) is 0 Å². The van der Waals surface area contributed by atoms with Crippen LogP contribution in [0.1, 0.15) is 33.6 Å². The van der Waals surface area contributed by atoms with Gasteiger partial charge < -0.3 is 31.3 Å². The molecule has 0 aliphatic carbocycles. The molecule has 0 aliphatic heterocycles. The third-order valence-electron chi connectivity index (χ3n) is 4.40. The molecule has 7 nitrogen and oxygen atoms in total. The zero-order valence-electron chi connectivity index (χ0n) is 21.3. The van der Waals surface area contributed by atoms with Gasteiger partial charge in [0.1, 0.15) is 0 Å². The highest BCUT2D eigenvalue weighted by Crippen LogP contribution is 2.47. The first-order chi connectivity index (χ1) is 16.8. The van der Waals surface area contributed by atoms with Crippen molar-refractivity contribution in [3.63, 3.8) is 0 Å². The van der Waals surface area contributed by atoms with Gasteiger partial charge in [0, 0.05) is 59.7 Å². The smallest absolute Gasteiger partial charge is 0.377 e. The fourth-order valence-electron chi connectivity index (χ4n) is 2.68. The van der Waals surface area contributed by atoms with Gasteiger partial charge in [-0.1, -0.05) is 0 Å². The van der Waals surface area contributed by atoms with Crippen LogP contribution in [0, 0.1) is 0 Å². The molecule has 0 unspecified atom stereocenters. The summed E-state index contributed by atoms with van der Waals surface area (Å²) in [5.41, 5.74) is 0. The third kappa shape index (κ3) is 13.4. The highest BCUT2D eigenvalue weighted by atomic mass is 28.4. The van der Waals surface area contributed by atoms with Crippen LogP contribution in [0.2, 0.25) is 12.1 Å². The molecular formula is C18H34F10O7Si2. The van der Waals surface area contributed by atoms with Crippen molar-refractivity contribution in [1.82, 2.24) is 0 Å². The molecule has 0 fully saturated rings. The molecule has 0 aromatic rings. The van der Waals surface area contributed by atoms with Crippen LogP contribution in [0.5, 0.6) is 0 Å². The monoisotopic (exact) mass is 608 g/mol. The maximum atomic E-state index is 13.3. The van der Waals surface area contributed by atoms with E-state index >= 15 is 0 Å². The zero-order valence-corrected chi connectivity index (χ0v) is 23.3. The minimum absolute atomic E-state index is 0.103. The summed E-state index contributed by atoms with van der Waals surface area (Å²) in [6.07, 6.45) is -18.0. The standard InChI is InChI=1S/C12H21F7O4Si.C6H13F3O3Si/c1-4-21-24(22-5-2,23-6-3)9-7-8-20-10(13,11(14,15)16)12(17,18)19;1-10-13(11-2,12-3)5-4-6(7,8)9/h4-9H2,1-3H3;4-5H2,1-3H3. The molecule has 0 saturated heterocycles. The van der Waals surface area contributed by atoms with Crippen molar-refractivity contribution < 1.29 is 75.2 Å². The number of ether oxygens (including phenoxy) is 1. The molecule has 0 saturated carbocycles. The number of halogens is 10. The first-order valence-electron chi connectivity index (χ1n) is 10.9. The van der Waals surface area contributed by atoms with Crippen LogP contribution in [0.4, 0.5) is 43.9 Å². The van der Waals surface area contributed by atoms with Crippen molar-refractivity contribution in [1.29, 1.82) is 0 Å². The summed E-state index contributed by atoms with van der Waals surface area (Å²) < 4.78 is 157. The maximum Gasteiger partial charge on any atom is 0.501 e. The van der Waals surface area contributed by atoms with E-state index in [-0.39, 0.29) is 38.3 Å². The van der Waals surface area contributed by atoms with Crippen LogP contribution in [0.3, 0.4) is 0 Å². The van der Waals surface area contributed by atoms with Crippen molar-refractivity contribution >= 4 is 17.6 Å². The summed E-state index contributed by atoms with van der Waals surface area (Å²) in [6.45, 7) is 4.34. The lowest BCUT2D eigenvalue weighted by Crippen LogP contribution is -2.55. The fraction of sp³-hybridized carbons (Fsp3) is 1.00. The van der Waals surface area contributed by atoms with Crippen molar-refractivity contribution in [2.75, 3.05) is 47.8 Å². The van der Waals surface area contributed by atoms with E-state index < -0.39 is 55.0 Å². The van der Waals surface area contributed by atoms with Crippen LogP contribution in [0.15, 0.2) is 0 Å². The maximum absolute atomic E-state index is 13.3. The van der Waals surface area contributed by atoms with E-state index in [9.17, 15) is 43.9 Å². The average molecular weight is 609 g/mol. The highest BCUT2D eigenvalue weighted by molar-refractivity contribution is 6.61. The topological polar surface area (TPSA) is 64.6 Å². The van der Waals surface area contributed by atoms with Crippen LogP contribution in [-0.2, 0) is 31.3 Å². The quantitative estimate of drug-likeness (QED) is 0.120. The Balaban J connectivity index is 0. The van der Waals surface area contributed by atoms with Gasteiger partial charge in [0.05, 0.1) is 6.61 Å². The first-order valence-corrected chi connectivity index (χ1v) is 14.7. The first kappa shape index (κ1) is 38.6. The molecular weight excluding hydrogens is 574 g/mol. The van der Waals surface area contributed by atoms with E-state index in [1.165, 1.54) is 21.3 Å². The Hall–Kier alpha value is -0.546. The van der Waals surface area contributed by atoms with Crippen molar-refractivity contribution in [2.45, 2.75) is 70.1 Å². The highest BCUT2D eigenvalue weighted by Gasteiger charge is 2.74. The van der Waals surface area contributed by atoms with Gasteiger partial charge in [-0.3, -0.25) is 0 Å². The molecule has 0 aromatic heterocycles. The zero-order chi connectivity index (χ0) is 29.6. The molecule has 0 amide bonds. The predicted molar refractivity (Wildman–Crippen MR) is 114 cm³/mol. The molecule has 0 spiro atoms. The Morgan fingerprint density at radius 3 is 1.22 bits per heavy atom. The molecule has 0 heterocycles. The molecule has 0 bridgehead atoms. The fourth-order valence-corrected chi connectivity index (χ4v) is 6.96. The lowest BCUT2D eigenvalue weighted by Gasteiger charge is -2.31. The van der Waals surface area contributed by atoms with Crippen LogP contribution in [-0.4, -0.2) is 89.7 Å². The number of alkyl halides is 10. The summed E-state index contributed by atoms with van der Waals surface area (Å²) in [5.74, 6) is -5.72. The van der Waals surface area contributed by atoms with Crippen molar-refractivity contribution in [3.8, 4) is 0 Å². The van der Waals surface area contributed by atoms with Crippen molar-refractivity contribution in [3.05, 3.63) is 0 Å². The normalized spacial score (nSPS) is 13.9. The van der Waals surface area contributed by atoms with E-state index in [0.717, 1.165) is 0 Å². The van der Waals surface area contributed by atoms with Crippen LogP contribution < -0.4 is 0 Å². The second-order valence-corrected chi connectivity index (χ2v) is 12.8. The average Bonchev–Trinajstić information content (AvgIpc) is 2.77. The van der Waals surface area contributed by atoms with Crippen LogP contribution in [0.25, 0.3) is 0 Å². The summed E-state index contributed by atoms with van der Waals surface area (Å²) >= 11 is 0. The van der Waals surface area contributed by atoms with E-state index in [4.69, 9.17) is 26.6 Å². The van der Waals surface area contributed by atoms with E-state index in [1.807, 2.05) is 0 Å². The summed E-state index contributed by atoms with van der Waals surface area (Å²) in [4.78, 5) is 0. The summed E-state index contributed by atoms with van der Waals surface area (Å²) in [6, 6.07) is -0.353. The Morgan fingerprint density at radius 1 is 0.568 bits per heavy atom. The Morgan fingerprint density at radius 2 is 0.946 bits per heavy atom. The summed E-state index contributed by atoms with van der Waals surface area (Å²) in [5, 5.41) is 0. The predicted octanol–water partition coefficient (Wildman–Crippen LogP) is 6.05. The molecule has 0 aromatic carbocycles. The lowest BCUT2D eigenvalue weighted by molar-refractivity contribution is -0.429. The molecule has 0 aliphatic rings. The number of rotatable bonds is 16. The molecule has 0 N–H and O–H groups in total. The summed E-state index contributed by atoms with van der Waals surface area (Å²) in [7, 11) is -2.43. The van der Waals surface area contributed by atoms with E-state index in [2.05, 4.69) is 4.74 Å². The van der Waals surface area contributed by atoms with E-state index in [0.29, 0.717) is 0 Å². The molecule has 37 heavy (non-hydrogen) atoms. The van der Waals surface area contributed by atoms with Gasteiger partial charge >= 0.3 is 42.0 Å². The van der Waals surface area contributed by atoms with Gasteiger partial charge in [-0.2, -0.15) is 43.9 Å². The van der Waals surface area contributed by atoms with Gasteiger partial charge in [0.2, 0.25) is 0 Å². The molecule has 0 rings (SSSR count). The second kappa shape index (κ2) is 16.5. The Labute approximate surface area is 211 Å². The number of hydrogen-bond donors (Lipinski definition) is 0. The largest absolute Gasteiger partial charge is 0.501 e. The van der Waals surface area contributed by atoms with E-state index in [1.54, 1.807) is 20.8 Å².